The van der Waals surface area contributed by atoms with E-state index in [4.69, 9.17) is 15.3 Å². The second kappa shape index (κ2) is 6.65. The summed E-state index contributed by atoms with van der Waals surface area (Å²) < 4.78 is 12.3. The largest absolute Gasteiger partial charge is 0.376 e. The first-order valence-electron chi connectivity index (χ1n) is 5.69. The summed E-state index contributed by atoms with van der Waals surface area (Å²) in [4.78, 5) is 0. The lowest BCUT2D eigenvalue weighted by Crippen LogP contribution is -2.50. The zero-order valence-corrected chi connectivity index (χ0v) is 11.7. The molecule has 3 N–H and O–H groups in total. The van der Waals surface area contributed by atoms with Crippen LogP contribution in [0.5, 0.6) is 0 Å². The number of benzene rings is 1. The average molecular weight is 348 g/mol. The molecule has 0 spiro atoms. The Morgan fingerprint density at radius 2 is 2.12 bits per heavy atom. The first kappa shape index (κ1) is 13.2. The predicted octanol–water partition coefficient (Wildman–Crippen LogP) is 1.08. The highest BCUT2D eigenvalue weighted by Crippen LogP contribution is 2.13. The fourth-order valence-electron chi connectivity index (χ4n) is 1.91. The maximum Gasteiger partial charge on any atom is 0.0978 e. The molecule has 1 aliphatic rings. The Morgan fingerprint density at radius 1 is 1.35 bits per heavy atom. The zero-order valence-electron chi connectivity index (χ0n) is 9.56. The maximum atomic E-state index is 5.66. The molecule has 0 amide bonds. The van der Waals surface area contributed by atoms with Crippen molar-refractivity contribution in [3.8, 4) is 0 Å². The molecular weight excluding hydrogens is 331 g/mol. The summed E-state index contributed by atoms with van der Waals surface area (Å²) in [5.74, 6) is 5.59. The molecule has 2 rings (SSSR count). The van der Waals surface area contributed by atoms with E-state index >= 15 is 0 Å². The first-order valence-corrected chi connectivity index (χ1v) is 6.77. The number of hydrogen-bond donors (Lipinski definition) is 2. The van der Waals surface area contributed by atoms with Gasteiger partial charge in [-0.25, -0.2) is 0 Å². The van der Waals surface area contributed by atoms with Crippen LogP contribution in [0.25, 0.3) is 0 Å². The van der Waals surface area contributed by atoms with Crippen molar-refractivity contribution in [1.82, 2.24) is 5.43 Å². The fraction of sp³-hybridized carbons (Fsp3) is 0.500. The number of hydrazine groups is 1. The van der Waals surface area contributed by atoms with Crippen molar-refractivity contribution in [3.05, 3.63) is 33.4 Å². The zero-order chi connectivity index (χ0) is 12.1. The van der Waals surface area contributed by atoms with Gasteiger partial charge in [0.05, 0.1) is 32.0 Å². The van der Waals surface area contributed by atoms with Gasteiger partial charge in [0.1, 0.15) is 0 Å². The third kappa shape index (κ3) is 3.89. The Labute approximate surface area is 115 Å². The van der Waals surface area contributed by atoms with Crippen molar-refractivity contribution in [2.24, 2.45) is 5.84 Å². The van der Waals surface area contributed by atoms with E-state index in [0.29, 0.717) is 19.8 Å². The van der Waals surface area contributed by atoms with Gasteiger partial charge in [0.15, 0.2) is 0 Å². The van der Waals surface area contributed by atoms with Crippen LogP contribution < -0.4 is 11.3 Å². The molecule has 94 valence electrons. The SMILES string of the molecule is NNC(Cc1ccc(I)cc1)C1COCCO1. The monoisotopic (exact) mass is 348 g/mol. The van der Waals surface area contributed by atoms with Gasteiger partial charge in [-0.15, -0.1) is 0 Å². The first-order chi connectivity index (χ1) is 8.29. The van der Waals surface area contributed by atoms with Crippen LogP contribution in [0.15, 0.2) is 24.3 Å². The van der Waals surface area contributed by atoms with Gasteiger partial charge < -0.3 is 9.47 Å². The van der Waals surface area contributed by atoms with Gasteiger partial charge >= 0.3 is 0 Å². The van der Waals surface area contributed by atoms with Crippen LogP contribution >= 0.6 is 22.6 Å². The molecule has 1 fully saturated rings. The maximum absolute atomic E-state index is 5.66. The molecule has 17 heavy (non-hydrogen) atoms. The Morgan fingerprint density at radius 3 is 2.71 bits per heavy atom. The molecule has 1 saturated heterocycles. The van der Waals surface area contributed by atoms with Crippen molar-refractivity contribution in [3.63, 3.8) is 0 Å². The summed E-state index contributed by atoms with van der Waals surface area (Å²) in [5.41, 5.74) is 4.08. The molecule has 5 heteroatoms. The summed E-state index contributed by atoms with van der Waals surface area (Å²) in [6.45, 7) is 1.94. The summed E-state index contributed by atoms with van der Waals surface area (Å²) in [6, 6.07) is 8.53. The average Bonchev–Trinajstić information content (AvgIpc) is 2.39. The Bertz CT molecular complexity index is 339. The molecule has 0 bridgehead atoms. The van der Waals surface area contributed by atoms with Crippen LogP contribution in [0, 0.1) is 3.57 Å². The Hall–Kier alpha value is -0.210. The van der Waals surface area contributed by atoms with Crippen LogP contribution in [-0.4, -0.2) is 32.0 Å². The van der Waals surface area contributed by atoms with E-state index in [1.807, 2.05) is 0 Å². The Kier molecular flexibility index (Phi) is 5.17. The second-order valence-corrected chi connectivity index (χ2v) is 5.33. The van der Waals surface area contributed by atoms with E-state index in [1.54, 1.807) is 0 Å². The van der Waals surface area contributed by atoms with Crippen LogP contribution in [0.4, 0.5) is 0 Å². The van der Waals surface area contributed by atoms with Crippen molar-refractivity contribution in [2.45, 2.75) is 18.6 Å². The summed E-state index contributed by atoms with van der Waals surface area (Å²) >= 11 is 2.30. The highest BCUT2D eigenvalue weighted by atomic mass is 127. The highest BCUT2D eigenvalue weighted by Gasteiger charge is 2.24. The molecule has 2 unspecified atom stereocenters. The van der Waals surface area contributed by atoms with Crippen molar-refractivity contribution >= 4 is 22.6 Å². The number of nitrogens with one attached hydrogen (secondary N) is 1. The van der Waals surface area contributed by atoms with Crippen LogP contribution in [0.1, 0.15) is 5.56 Å². The van der Waals surface area contributed by atoms with Crippen LogP contribution in [0.2, 0.25) is 0 Å². The smallest absolute Gasteiger partial charge is 0.0978 e. The number of nitrogens with two attached hydrogens (primary N) is 1. The van der Waals surface area contributed by atoms with E-state index < -0.39 is 0 Å². The Balaban J connectivity index is 1.96. The molecule has 1 aromatic rings. The molecule has 1 heterocycles. The minimum Gasteiger partial charge on any atom is -0.376 e. The minimum atomic E-state index is 0.0352. The van der Waals surface area contributed by atoms with Crippen molar-refractivity contribution in [1.29, 1.82) is 0 Å². The molecule has 2 atom stereocenters. The molecule has 1 aromatic carbocycles. The minimum absolute atomic E-state index is 0.0352. The van der Waals surface area contributed by atoms with E-state index in [9.17, 15) is 0 Å². The van der Waals surface area contributed by atoms with E-state index in [-0.39, 0.29) is 12.1 Å². The third-order valence-corrected chi connectivity index (χ3v) is 3.59. The van der Waals surface area contributed by atoms with E-state index in [2.05, 4.69) is 52.3 Å². The topological polar surface area (TPSA) is 56.5 Å². The second-order valence-electron chi connectivity index (χ2n) is 4.09. The standard InChI is InChI=1S/C12H17IN2O2/c13-10-3-1-9(2-4-10)7-11(15-14)12-8-16-5-6-17-12/h1-4,11-12,15H,5-8,14H2. The highest BCUT2D eigenvalue weighted by molar-refractivity contribution is 14.1. The lowest BCUT2D eigenvalue weighted by molar-refractivity contribution is -0.101. The number of ether oxygens (including phenoxy) is 2. The van der Waals surface area contributed by atoms with Crippen molar-refractivity contribution < 1.29 is 9.47 Å². The predicted molar refractivity (Wildman–Crippen MR) is 74.5 cm³/mol. The quantitative estimate of drug-likeness (QED) is 0.486. The molecule has 0 aliphatic carbocycles. The normalized spacial score (nSPS) is 22.4. The van der Waals surface area contributed by atoms with Gasteiger partial charge in [-0.3, -0.25) is 11.3 Å². The number of halogens is 1. The van der Waals surface area contributed by atoms with Gasteiger partial charge in [0.2, 0.25) is 0 Å². The fourth-order valence-corrected chi connectivity index (χ4v) is 2.27. The molecule has 1 aliphatic heterocycles. The lowest BCUT2D eigenvalue weighted by atomic mass is 10.0. The van der Waals surface area contributed by atoms with Gasteiger partial charge in [-0.1, -0.05) is 12.1 Å². The summed E-state index contributed by atoms with van der Waals surface area (Å²) in [5, 5.41) is 0. The van der Waals surface area contributed by atoms with Gasteiger partial charge in [-0.05, 0) is 46.7 Å². The van der Waals surface area contributed by atoms with Gasteiger partial charge in [0.25, 0.3) is 0 Å². The lowest BCUT2D eigenvalue weighted by Gasteiger charge is -2.30. The molecular formula is C12H17IN2O2. The van der Waals surface area contributed by atoms with Gasteiger partial charge in [-0.2, -0.15) is 0 Å². The summed E-state index contributed by atoms with van der Waals surface area (Å²) in [7, 11) is 0. The van der Waals surface area contributed by atoms with Crippen LogP contribution in [0.3, 0.4) is 0 Å². The van der Waals surface area contributed by atoms with Gasteiger partial charge in [0, 0.05) is 3.57 Å². The molecule has 0 aromatic heterocycles. The molecule has 0 radical (unpaired) electrons. The van der Waals surface area contributed by atoms with Crippen LogP contribution in [-0.2, 0) is 15.9 Å². The third-order valence-electron chi connectivity index (χ3n) is 2.87. The van der Waals surface area contributed by atoms with E-state index in [0.717, 1.165) is 6.42 Å². The molecule has 4 nitrogen and oxygen atoms in total. The molecule has 0 saturated carbocycles. The van der Waals surface area contributed by atoms with E-state index in [1.165, 1.54) is 9.13 Å². The summed E-state index contributed by atoms with van der Waals surface area (Å²) in [6.07, 6.45) is 0.884. The number of rotatable bonds is 4. The van der Waals surface area contributed by atoms with Crippen molar-refractivity contribution in [2.75, 3.05) is 19.8 Å². The number of hydrogen-bond acceptors (Lipinski definition) is 4.